The predicted molar refractivity (Wildman–Crippen MR) is 45.7 cm³/mol. The summed E-state index contributed by atoms with van der Waals surface area (Å²) >= 11 is 0. The van der Waals surface area contributed by atoms with Gasteiger partial charge in [0.05, 0.1) is 10.6 Å². The second-order valence-electron chi connectivity index (χ2n) is 2.38. The van der Waals surface area contributed by atoms with Crippen molar-refractivity contribution < 1.29 is 4.92 Å². The standard InChI is InChI=1S/C7H9N3O2/c1-9(8)6-2-4-7(5-3-6)10(11)12/h2-5H,8H2,1H3. The van der Waals surface area contributed by atoms with Crippen molar-refractivity contribution in [2.45, 2.75) is 0 Å². The van der Waals surface area contributed by atoms with Gasteiger partial charge in [0.25, 0.3) is 5.69 Å². The molecule has 5 heteroatoms. The smallest absolute Gasteiger partial charge is 0.269 e. The van der Waals surface area contributed by atoms with E-state index in [-0.39, 0.29) is 5.69 Å². The van der Waals surface area contributed by atoms with Crippen molar-refractivity contribution in [2.75, 3.05) is 12.1 Å². The fourth-order valence-corrected chi connectivity index (χ4v) is 0.809. The minimum Gasteiger partial charge on any atom is -0.314 e. The van der Waals surface area contributed by atoms with E-state index in [1.165, 1.54) is 17.1 Å². The maximum atomic E-state index is 10.2. The quantitative estimate of drug-likeness (QED) is 0.403. The summed E-state index contributed by atoms with van der Waals surface area (Å²) in [5.41, 5.74) is 0.807. The molecule has 1 aromatic carbocycles. The van der Waals surface area contributed by atoms with Gasteiger partial charge in [0, 0.05) is 19.2 Å². The summed E-state index contributed by atoms with van der Waals surface area (Å²) < 4.78 is 0. The molecule has 0 saturated carbocycles. The molecular weight excluding hydrogens is 158 g/mol. The van der Waals surface area contributed by atoms with Crippen molar-refractivity contribution in [1.82, 2.24) is 0 Å². The van der Waals surface area contributed by atoms with E-state index in [0.29, 0.717) is 0 Å². The molecule has 2 N–H and O–H groups in total. The summed E-state index contributed by atoms with van der Waals surface area (Å²) in [6, 6.07) is 6.02. The van der Waals surface area contributed by atoms with Gasteiger partial charge in [0.2, 0.25) is 0 Å². The minimum atomic E-state index is -0.444. The molecule has 5 nitrogen and oxygen atoms in total. The highest BCUT2D eigenvalue weighted by Gasteiger charge is 2.03. The maximum Gasteiger partial charge on any atom is 0.269 e. The largest absolute Gasteiger partial charge is 0.314 e. The highest BCUT2D eigenvalue weighted by atomic mass is 16.6. The summed E-state index contributed by atoms with van der Waals surface area (Å²) in [5.74, 6) is 5.40. The number of hydrogen-bond acceptors (Lipinski definition) is 4. The first-order valence-corrected chi connectivity index (χ1v) is 3.34. The van der Waals surface area contributed by atoms with Crippen LogP contribution in [0, 0.1) is 10.1 Å². The van der Waals surface area contributed by atoms with Gasteiger partial charge in [-0.2, -0.15) is 0 Å². The van der Waals surface area contributed by atoms with Crippen LogP contribution in [-0.2, 0) is 0 Å². The van der Waals surface area contributed by atoms with Crippen LogP contribution in [0.1, 0.15) is 0 Å². The third-order valence-electron chi connectivity index (χ3n) is 1.47. The molecule has 64 valence electrons. The van der Waals surface area contributed by atoms with Crippen molar-refractivity contribution >= 4 is 11.4 Å². The molecule has 1 rings (SSSR count). The lowest BCUT2D eigenvalue weighted by molar-refractivity contribution is -0.384. The number of rotatable bonds is 2. The molecule has 0 fully saturated rings. The van der Waals surface area contributed by atoms with E-state index in [9.17, 15) is 10.1 Å². The fraction of sp³-hybridized carbons (Fsp3) is 0.143. The van der Waals surface area contributed by atoms with Crippen LogP contribution in [0.2, 0.25) is 0 Å². The Kier molecular flexibility index (Phi) is 2.25. The Balaban J connectivity index is 2.93. The Morgan fingerprint density at radius 1 is 1.42 bits per heavy atom. The van der Waals surface area contributed by atoms with Crippen molar-refractivity contribution in [3.05, 3.63) is 34.4 Å². The number of nitrogens with two attached hydrogens (primary N) is 1. The van der Waals surface area contributed by atoms with Crippen LogP contribution in [-0.4, -0.2) is 12.0 Å². The van der Waals surface area contributed by atoms with Crippen LogP contribution in [0.4, 0.5) is 11.4 Å². The summed E-state index contributed by atoms with van der Waals surface area (Å²) in [6.45, 7) is 0. The monoisotopic (exact) mass is 167 g/mol. The molecule has 0 heterocycles. The van der Waals surface area contributed by atoms with Gasteiger partial charge in [-0.1, -0.05) is 0 Å². The van der Waals surface area contributed by atoms with Crippen molar-refractivity contribution in [3.8, 4) is 0 Å². The molecule has 0 aliphatic rings. The van der Waals surface area contributed by atoms with Gasteiger partial charge in [-0.3, -0.25) is 10.1 Å². The highest BCUT2D eigenvalue weighted by molar-refractivity contribution is 5.48. The van der Waals surface area contributed by atoms with Gasteiger partial charge in [-0.05, 0) is 12.1 Å². The molecule has 0 aliphatic carbocycles. The number of nitrogens with zero attached hydrogens (tertiary/aromatic N) is 2. The molecule has 0 spiro atoms. The van der Waals surface area contributed by atoms with Crippen molar-refractivity contribution in [3.63, 3.8) is 0 Å². The summed E-state index contributed by atoms with van der Waals surface area (Å²) in [7, 11) is 1.67. The summed E-state index contributed by atoms with van der Waals surface area (Å²) in [5, 5.41) is 11.6. The number of nitro benzene ring substituents is 1. The first kappa shape index (κ1) is 8.48. The zero-order valence-electron chi connectivity index (χ0n) is 6.60. The van der Waals surface area contributed by atoms with E-state index in [1.54, 1.807) is 19.2 Å². The molecule has 0 saturated heterocycles. The number of anilines is 1. The SMILES string of the molecule is CN(N)c1ccc([N+](=O)[O-])cc1. The molecule has 1 aromatic rings. The van der Waals surface area contributed by atoms with Gasteiger partial charge in [-0.25, -0.2) is 5.84 Å². The van der Waals surface area contributed by atoms with Gasteiger partial charge in [-0.15, -0.1) is 0 Å². The van der Waals surface area contributed by atoms with Gasteiger partial charge < -0.3 is 5.01 Å². The number of benzene rings is 1. The summed E-state index contributed by atoms with van der Waals surface area (Å²) in [6.07, 6.45) is 0. The third-order valence-corrected chi connectivity index (χ3v) is 1.47. The van der Waals surface area contributed by atoms with E-state index >= 15 is 0 Å². The molecule has 0 aliphatic heterocycles. The molecule has 0 bridgehead atoms. The second-order valence-corrected chi connectivity index (χ2v) is 2.38. The first-order chi connectivity index (χ1) is 5.61. The number of hydrogen-bond donors (Lipinski definition) is 1. The van der Waals surface area contributed by atoms with Crippen LogP contribution in [0.15, 0.2) is 24.3 Å². The molecule has 0 unspecified atom stereocenters. The third kappa shape index (κ3) is 1.70. The average molecular weight is 167 g/mol. The van der Waals surface area contributed by atoms with Crippen LogP contribution >= 0.6 is 0 Å². The van der Waals surface area contributed by atoms with E-state index < -0.39 is 4.92 Å². The molecule has 0 aromatic heterocycles. The van der Waals surface area contributed by atoms with E-state index in [4.69, 9.17) is 5.84 Å². The Morgan fingerprint density at radius 2 is 1.92 bits per heavy atom. The number of hydrazine groups is 1. The lowest BCUT2D eigenvalue weighted by Gasteiger charge is -2.10. The first-order valence-electron chi connectivity index (χ1n) is 3.34. The van der Waals surface area contributed by atoms with Gasteiger partial charge in [0.1, 0.15) is 0 Å². The predicted octanol–water partition coefficient (Wildman–Crippen LogP) is 0.905. The van der Waals surface area contributed by atoms with Crippen molar-refractivity contribution in [2.24, 2.45) is 5.84 Å². The van der Waals surface area contributed by atoms with Crippen LogP contribution in [0.5, 0.6) is 0 Å². The van der Waals surface area contributed by atoms with E-state index in [1.807, 2.05) is 0 Å². The molecule has 12 heavy (non-hydrogen) atoms. The lowest BCUT2D eigenvalue weighted by Crippen LogP contribution is -2.24. The Morgan fingerprint density at radius 3 is 2.25 bits per heavy atom. The lowest BCUT2D eigenvalue weighted by atomic mass is 10.3. The van der Waals surface area contributed by atoms with Crippen LogP contribution in [0.25, 0.3) is 0 Å². The summed E-state index contributed by atoms with van der Waals surface area (Å²) in [4.78, 5) is 9.80. The van der Waals surface area contributed by atoms with E-state index in [0.717, 1.165) is 5.69 Å². The van der Waals surface area contributed by atoms with Crippen LogP contribution < -0.4 is 10.9 Å². The van der Waals surface area contributed by atoms with Crippen LogP contribution in [0.3, 0.4) is 0 Å². The van der Waals surface area contributed by atoms with Gasteiger partial charge >= 0.3 is 0 Å². The zero-order valence-corrected chi connectivity index (χ0v) is 6.60. The highest BCUT2D eigenvalue weighted by Crippen LogP contribution is 2.15. The number of non-ortho nitro benzene ring substituents is 1. The Bertz CT molecular complexity index is 281. The Labute approximate surface area is 69.5 Å². The fourth-order valence-electron chi connectivity index (χ4n) is 0.809. The zero-order chi connectivity index (χ0) is 9.14. The second kappa shape index (κ2) is 3.19. The molecule has 0 atom stereocenters. The normalized spacial score (nSPS) is 9.50. The van der Waals surface area contributed by atoms with Crippen molar-refractivity contribution in [1.29, 1.82) is 0 Å². The molecule has 0 amide bonds. The minimum absolute atomic E-state index is 0.0700. The Hall–Kier alpha value is -1.62. The van der Waals surface area contributed by atoms with E-state index in [2.05, 4.69) is 0 Å². The molecular formula is C7H9N3O2. The molecule has 0 radical (unpaired) electrons. The average Bonchev–Trinajstić information content (AvgIpc) is 2.04. The van der Waals surface area contributed by atoms with Gasteiger partial charge in [0.15, 0.2) is 0 Å². The number of nitro groups is 1. The maximum absolute atomic E-state index is 10.2. The topological polar surface area (TPSA) is 72.4 Å².